The van der Waals surface area contributed by atoms with Crippen molar-refractivity contribution in [1.82, 2.24) is 5.32 Å². The monoisotopic (exact) mass is 185 g/mol. The quantitative estimate of drug-likeness (QED) is 0.732. The van der Waals surface area contributed by atoms with Gasteiger partial charge in [-0.1, -0.05) is 0 Å². The molecule has 0 aromatic heterocycles. The van der Waals surface area contributed by atoms with Crippen LogP contribution in [0.3, 0.4) is 0 Å². The van der Waals surface area contributed by atoms with Gasteiger partial charge in [0.25, 0.3) is 0 Å². The SMILES string of the molecule is CN[C](=[V])Nc1ccccc1. The summed E-state index contributed by atoms with van der Waals surface area (Å²) >= 11 is 2.43. The molecule has 0 heterocycles. The maximum atomic E-state index is 3.17. The Morgan fingerprint density at radius 2 is 1.91 bits per heavy atom. The normalized spacial score (nSPS) is 9.09. The van der Waals surface area contributed by atoms with Crippen LogP contribution in [0.2, 0.25) is 0 Å². The molecule has 0 radical (unpaired) electrons. The third-order valence-corrected chi connectivity index (χ3v) is 1.80. The summed E-state index contributed by atoms with van der Waals surface area (Å²) in [7, 11) is 1.88. The summed E-state index contributed by atoms with van der Waals surface area (Å²) in [5.41, 5.74) is 1.09. The molecule has 11 heavy (non-hydrogen) atoms. The van der Waals surface area contributed by atoms with Crippen molar-refractivity contribution < 1.29 is 17.0 Å². The fourth-order valence-corrected chi connectivity index (χ4v) is 0.922. The molecule has 0 saturated carbocycles. The zero-order chi connectivity index (χ0) is 8.10. The zero-order valence-corrected chi connectivity index (χ0v) is 7.73. The first-order chi connectivity index (χ1) is 5.33. The summed E-state index contributed by atoms with van der Waals surface area (Å²) in [6, 6.07) is 10.0. The molecule has 0 atom stereocenters. The topological polar surface area (TPSA) is 24.1 Å². The third kappa shape index (κ3) is 2.89. The molecule has 0 aliphatic heterocycles. The van der Waals surface area contributed by atoms with Crippen molar-refractivity contribution in [2.24, 2.45) is 0 Å². The Bertz CT molecular complexity index is 233. The molecular weight excluding hydrogens is 175 g/mol. The number of rotatable bonds is 3. The van der Waals surface area contributed by atoms with Crippen LogP contribution in [0.15, 0.2) is 30.3 Å². The van der Waals surface area contributed by atoms with Crippen molar-refractivity contribution in [2.75, 3.05) is 12.4 Å². The number of benzene rings is 1. The Morgan fingerprint density at radius 3 is 2.45 bits per heavy atom. The molecule has 0 saturated heterocycles. The summed E-state index contributed by atoms with van der Waals surface area (Å²) in [5, 5.41) is 6.16. The predicted molar refractivity (Wildman–Crippen MR) is 44.1 cm³/mol. The zero-order valence-electron chi connectivity index (χ0n) is 6.33. The van der Waals surface area contributed by atoms with Gasteiger partial charge in [0, 0.05) is 0 Å². The van der Waals surface area contributed by atoms with E-state index in [1.54, 1.807) is 0 Å². The molecule has 0 bridgehead atoms. The molecule has 2 N–H and O–H groups in total. The van der Waals surface area contributed by atoms with Gasteiger partial charge in [-0.3, -0.25) is 0 Å². The molecule has 3 heteroatoms. The van der Waals surface area contributed by atoms with Crippen LogP contribution in [-0.4, -0.2) is 11.5 Å². The second-order valence-corrected chi connectivity index (χ2v) is 2.79. The Hall–Kier alpha value is -0.566. The molecule has 0 spiro atoms. The molecule has 0 fully saturated rings. The minimum absolute atomic E-state index is 0.990. The van der Waals surface area contributed by atoms with Gasteiger partial charge in [-0.15, -0.1) is 0 Å². The average molecular weight is 185 g/mol. The third-order valence-electron chi connectivity index (χ3n) is 1.27. The van der Waals surface area contributed by atoms with Crippen molar-refractivity contribution in [2.45, 2.75) is 0 Å². The van der Waals surface area contributed by atoms with E-state index in [0.717, 1.165) is 10.2 Å². The number of hydrogen-bond donors (Lipinski definition) is 2. The van der Waals surface area contributed by atoms with E-state index in [1.807, 2.05) is 37.4 Å². The maximum absolute atomic E-state index is 3.17. The van der Waals surface area contributed by atoms with E-state index in [4.69, 9.17) is 0 Å². The number of nitrogens with one attached hydrogen (secondary N) is 2. The van der Waals surface area contributed by atoms with Crippen molar-refractivity contribution >= 4 is 10.2 Å². The van der Waals surface area contributed by atoms with Crippen LogP contribution in [0.5, 0.6) is 0 Å². The number of hydrogen-bond acceptors (Lipinski definition) is 2. The van der Waals surface area contributed by atoms with Crippen molar-refractivity contribution in [3.05, 3.63) is 30.3 Å². The molecule has 1 aromatic carbocycles. The standard InChI is InChI=1S/C8H10N2.V/c1-9-7-10-8-5-3-2-4-6-8;/h2-6,9-10H,1H3;. The van der Waals surface area contributed by atoms with Crippen LogP contribution in [0.25, 0.3) is 0 Å². The van der Waals surface area contributed by atoms with E-state index in [-0.39, 0.29) is 0 Å². The van der Waals surface area contributed by atoms with Crippen LogP contribution in [0, 0.1) is 0 Å². The molecule has 2 nitrogen and oxygen atoms in total. The molecule has 0 aliphatic rings. The molecule has 0 aliphatic carbocycles. The van der Waals surface area contributed by atoms with Crippen molar-refractivity contribution in [3.63, 3.8) is 0 Å². The van der Waals surface area contributed by atoms with E-state index in [1.165, 1.54) is 0 Å². The van der Waals surface area contributed by atoms with E-state index >= 15 is 0 Å². The van der Waals surface area contributed by atoms with Crippen LogP contribution in [0.1, 0.15) is 0 Å². The van der Waals surface area contributed by atoms with Gasteiger partial charge in [0.05, 0.1) is 0 Å². The summed E-state index contributed by atoms with van der Waals surface area (Å²) < 4.78 is 0.990. The fourth-order valence-electron chi connectivity index (χ4n) is 0.721. The average Bonchev–Trinajstić information content (AvgIpc) is 2.06. The summed E-state index contributed by atoms with van der Waals surface area (Å²) in [4.78, 5) is 0. The van der Waals surface area contributed by atoms with Crippen LogP contribution in [0.4, 0.5) is 5.69 Å². The van der Waals surface area contributed by atoms with Gasteiger partial charge in [-0.25, -0.2) is 0 Å². The molecule has 0 amide bonds. The van der Waals surface area contributed by atoms with E-state index < -0.39 is 0 Å². The minimum atomic E-state index is 0.990. The Labute approximate surface area is 75.5 Å². The van der Waals surface area contributed by atoms with Gasteiger partial charge in [-0.2, -0.15) is 0 Å². The first-order valence-electron chi connectivity index (χ1n) is 3.38. The van der Waals surface area contributed by atoms with Gasteiger partial charge in [0.2, 0.25) is 0 Å². The van der Waals surface area contributed by atoms with Gasteiger partial charge in [0.15, 0.2) is 0 Å². The van der Waals surface area contributed by atoms with Crippen LogP contribution >= 0.6 is 0 Å². The first-order valence-corrected chi connectivity index (χ1v) is 4.08. The Balaban J connectivity index is 2.58. The van der Waals surface area contributed by atoms with E-state index in [0.29, 0.717) is 0 Å². The van der Waals surface area contributed by atoms with Crippen molar-refractivity contribution in [1.29, 1.82) is 0 Å². The molecule has 0 unspecified atom stereocenters. The molecule has 1 rings (SSSR count). The Kier molecular flexibility index (Phi) is 3.37. The molecule has 57 valence electrons. The van der Waals surface area contributed by atoms with Crippen molar-refractivity contribution in [3.8, 4) is 0 Å². The summed E-state index contributed by atoms with van der Waals surface area (Å²) in [6.45, 7) is 0. The number of para-hydroxylation sites is 1. The predicted octanol–water partition coefficient (Wildman–Crippen LogP) is 0.952. The van der Waals surface area contributed by atoms with Gasteiger partial charge >= 0.3 is 75.2 Å². The Morgan fingerprint density at radius 1 is 1.27 bits per heavy atom. The van der Waals surface area contributed by atoms with Gasteiger partial charge in [0.1, 0.15) is 0 Å². The second-order valence-electron chi connectivity index (χ2n) is 2.09. The summed E-state index contributed by atoms with van der Waals surface area (Å²) in [6.07, 6.45) is 0. The van der Waals surface area contributed by atoms with E-state index in [9.17, 15) is 0 Å². The van der Waals surface area contributed by atoms with E-state index in [2.05, 4.69) is 27.6 Å². The van der Waals surface area contributed by atoms with Crippen LogP contribution < -0.4 is 10.6 Å². The first kappa shape index (κ1) is 8.53. The summed E-state index contributed by atoms with van der Waals surface area (Å²) in [5.74, 6) is 0. The van der Waals surface area contributed by atoms with Gasteiger partial charge < -0.3 is 0 Å². The second kappa shape index (κ2) is 4.34. The fraction of sp³-hybridized carbons (Fsp3) is 0.125. The van der Waals surface area contributed by atoms with Gasteiger partial charge in [-0.05, 0) is 0 Å². The van der Waals surface area contributed by atoms with Crippen LogP contribution in [-0.2, 0) is 17.0 Å². The number of anilines is 1. The molecular formula is C8H10N2V. The molecule has 1 aromatic rings.